The van der Waals surface area contributed by atoms with Gasteiger partial charge in [0.1, 0.15) is 27.9 Å². The average molecular weight is 316 g/mol. The highest BCUT2D eigenvalue weighted by Crippen LogP contribution is 2.27. The minimum atomic E-state index is -4.17. The Bertz CT molecular complexity index is 785. The molecule has 0 atom stereocenters. The van der Waals surface area contributed by atoms with E-state index in [4.69, 9.17) is 10.2 Å². The number of aryl methyl sites for hydroxylation is 2. The Morgan fingerprint density at radius 3 is 2.52 bits per heavy atom. The lowest BCUT2D eigenvalue weighted by Crippen LogP contribution is -2.16. The number of rotatable bonds is 4. The van der Waals surface area contributed by atoms with Crippen LogP contribution in [-0.4, -0.2) is 8.42 Å². The van der Waals surface area contributed by atoms with Crippen molar-refractivity contribution >= 4 is 15.7 Å². The lowest BCUT2D eigenvalue weighted by molar-refractivity contribution is 0.479. The highest BCUT2D eigenvalue weighted by molar-refractivity contribution is 7.92. The molecule has 2 rings (SSSR count). The highest BCUT2D eigenvalue weighted by Gasteiger charge is 2.24. The smallest absolute Gasteiger partial charge is 0.265 e. The van der Waals surface area contributed by atoms with Crippen LogP contribution in [0.5, 0.6) is 0 Å². The van der Waals surface area contributed by atoms with Crippen molar-refractivity contribution in [2.24, 2.45) is 5.73 Å². The number of sulfonamides is 1. The fourth-order valence-corrected chi connectivity index (χ4v) is 3.10. The zero-order valence-corrected chi connectivity index (χ0v) is 12.2. The summed E-state index contributed by atoms with van der Waals surface area (Å²) in [6, 6.07) is 3.44. The van der Waals surface area contributed by atoms with Gasteiger partial charge in [-0.25, -0.2) is 17.2 Å². The van der Waals surface area contributed by atoms with E-state index in [1.54, 1.807) is 0 Å². The van der Waals surface area contributed by atoms with Crippen LogP contribution in [0.3, 0.4) is 0 Å². The zero-order valence-electron chi connectivity index (χ0n) is 11.4. The summed E-state index contributed by atoms with van der Waals surface area (Å²) in [4.78, 5) is -0.205. The molecule has 1 heterocycles. The third kappa shape index (κ3) is 2.91. The van der Waals surface area contributed by atoms with E-state index in [-0.39, 0.29) is 28.5 Å². The molecule has 0 radical (unpaired) electrons. The van der Waals surface area contributed by atoms with E-state index in [0.29, 0.717) is 0 Å². The molecule has 0 aliphatic carbocycles. The Morgan fingerprint density at radius 1 is 1.29 bits per heavy atom. The van der Waals surface area contributed by atoms with E-state index in [1.165, 1.54) is 26.0 Å². The third-order valence-electron chi connectivity index (χ3n) is 2.93. The molecule has 0 saturated carbocycles. The fourth-order valence-electron chi connectivity index (χ4n) is 1.83. The van der Waals surface area contributed by atoms with Crippen molar-refractivity contribution in [3.63, 3.8) is 0 Å². The third-order valence-corrected chi connectivity index (χ3v) is 4.39. The van der Waals surface area contributed by atoms with Gasteiger partial charge in [-0.15, -0.1) is 0 Å². The number of hydrogen-bond acceptors (Lipinski definition) is 4. The second-order valence-corrected chi connectivity index (χ2v) is 6.15. The maximum Gasteiger partial charge on any atom is 0.265 e. The van der Waals surface area contributed by atoms with Gasteiger partial charge in [-0.1, -0.05) is 6.07 Å². The average Bonchev–Trinajstić information content (AvgIpc) is 2.81. The molecule has 0 bridgehead atoms. The Labute approximate surface area is 120 Å². The molecule has 8 heteroatoms. The van der Waals surface area contributed by atoms with Crippen molar-refractivity contribution in [3.8, 4) is 0 Å². The fraction of sp³-hybridized carbons (Fsp3) is 0.231. The maximum absolute atomic E-state index is 13.9. The maximum atomic E-state index is 13.9. The lowest BCUT2D eigenvalue weighted by Gasteiger charge is -2.10. The molecule has 114 valence electrons. The van der Waals surface area contributed by atoms with Crippen LogP contribution >= 0.6 is 0 Å². The Kier molecular flexibility index (Phi) is 4.02. The summed E-state index contributed by atoms with van der Waals surface area (Å²) < 4.78 is 59.0. The van der Waals surface area contributed by atoms with E-state index in [9.17, 15) is 17.2 Å². The number of halogens is 2. The van der Waals surface area contributed by atoms with Crippen molar-refractivity contribution in [2.75, 3.05) is 4.72 Å². The molecule has 2 aromatic rings. The van der Waals surface area contributed by atoms with Crippen LogP contribution in [-0.2, 0) is 16.6 Å². The Balaban J connectivity index is 2.47. The van der Waals surface area contributed by atoms with E-state index >= 15 is 0 Å². The molecule has 5 nitrogen and oxygen atoms in total. The summed E-state index contributed by atoms with van der Waals surface area (Å²) >= 11 is 0. The van der Waals surface area contributed by atoms with E-state index in [0.717, 1.165) is 6.07 Å². The molecule has 21 heavy (non-hydrogen) atoms. The molecule has 0 spiro atoms. The molecule has 0 saturated heterocycles. The Morgan fingerprint density at radius 2 is 1.95 bits per heavy atom. The highest BCUT2D eigenvalue weighted by atomic mass is 32.2. The number of benzene rings is 1. The van der Waals surface area contributed by atoms with Crippen molar-refractivity contribution < 1.29 is 21.6 Å². The van der Waals surface area contributed by atoms with Gasteiger partial charge in [0.05, 0.1) is 6.54 Å². The van der Waals surface area contributed by atoms with Crippen LogP contribution in [0.25, 0.3) is 0 Å². The first-order valence-corrected chi connectivity index (χ1v) is 7.51. The molecule has 0 aliphatic heterocycles. The summed E-state index contributed by atoms with van der Waals surface area (Å²) in [5, 5.41) is 0. The lowest BCUT2D eigenvalue weighted by atomic mass is 10.2. The molecule has 0 amide bonds. The summed E-state index contributed by atoms with van der Waals surface area (Å²) in [7, 11) is -4.17. The van der Waals surface area contributed by atoms with Gasteiger partial charge in [-0.2, -0.15) is 0 Å². The van der Waals surface area contributed by atoms with Crippen LogP contribution in [0.4, 0.5) is 14.5 Å². The SMILES string of the molecule is Cc1ccc(F)c(NS(=O)(=O)c2cc(CN)oc2C)c1F. The molecule has 0 fully saturated rings. The van der Waals surface area contributed by atoms with Gasteiger partial charge >= 0.3 is 0 Å². The summed E-state index contributed by atoms with van der Waals surface area (Å²) in [6.45, 7) is 2.85. The van der Waals surface area contributed by atoms with Crippen molar-refractivity contribution in [1.82, 2.24) is 0 Å². The minimum Gasteiger partial charge on any atom is -0.464 e. The topological polar surface area (TPSA) is 85.3 Å². The van der Waals surface area contributed by atoms with Gasteiger partial charge in [-0.3, -0.25) is 4.72 Å². The minimum absolute atomic E-state index is 0.0174. The number of furan rings is 1. The normalized spacial score (nSPS) is 11.7. The van der Waals surface area contributed by atoms with Crippen LogP contribution in [0, 0.1) is 25.5 Å². The quantitative estimate of drug-likeness (QED) is 0.907. The van der Waals surface area contributed by atoms with Crippen molar-refractivity contribution in [1.29, 1.82) is 0 Å². The van der Waals surface area contributed by atoms with Gasteiger partial charge in [0.2, 0.25) is 0 Å². The van der Waals surface area contributed by atoms with Gasteiger partial charge in [0, 0.05) is 6.07 Å². The second kappa shape index (κ2) is 5.45. The second-order valence-electron chi connectivity index (χ2n) is 4.50. The zero-order chi connectivity index (χ0) is 15.8. The molecular formula is C13H14F2N2O3S. The van der Waals surface area contributed by atoms with Gasteiger partial charge < -0.3 is 10.2 Å². The molecular weight excluding hydrogens is 302 g/mol. The first-order chi connectivity index (χ1) is 9.76. The number of nitrogens with one attached hydrogen (secondary N) is 1. The van der Waals surface area contributed by atoms with Gasteiger partial charge in [0.25, 0.3) is 10.0 Å². The summed E-state index contributed by atoms with van der Waals surface area (Å²) in [5.74, 6) is -1.60. The summed E-state index contributed by atoms with van der Waals surface area (Å²) in [5.41, 5.74) is 4.77. The van der Waals surface area contributed by atoms with E-state index < -0.39 is 27.3 Å². The largest absolute Gasteiger partial charge is 0.464 e. The first-order valence-electron chi connectivity index (χ1n) is 6.03. The van der Waals surface area contributed by atoms with Crippen LogP contribution < -0.4 is 10.5 Å². The monoisotopic (exact) mass is 316 g/mol. The molecule has 1 aromatic heterocycles. The Hall–Kier alpha value is -1.93. The van der Waals surface area contributed by atoms with E-state index in [1.807, 2.05) is 4.72 Å². The van der Waals surface area contributed by atoms with E-state index in [2.05, 4.69) is 0 Å². The van der Waals surface area contributed by atoms with Crippen LogP contribution in [0.1, 0.15) is 17.1 Å². The predicted octanol–water partition coefficient (Wildman–Crippen LogP) is 2.43. The first kappa shape index (κ1) is 15.5. The van der Waals surface area contributed by atoms with Gasteiger partial charge in [-0.05, 0) is 25.5 Å². The number of anilines is 1. The molecule has 3 N–H and O–H groups in total. The standard InChI is InChI=1S/C13H14F2N2O3S/c1-7-3-4-10(14)13(12(7)15)17-21(18,19)11-5-9(6-16)20-8(11)2/h3-5,17H,6,16H2,1-2H3. The molecule has 1 aromatic carbocycles. The van der Waals surface area contributed by atoms with Gasteiger partial charge in [0.15, 0.2) is 5.82 Å². The predicted molar refractivity (Wildman–Crippen MR) is 73.2 cm³/mol. The van der Waals surface area contributed by atoms with Crippen molar-refractivity contribution in [3.05, 3.63) is 46.9 Å². The van der Waals surface area contributed by atoms with Crippen molar-refractivity contribution in [2.45, 2.75) is 25.3 Å². The number of hydrogen-bond donors (Lipinski definition) is 2. The summed E-state index contributed by atoms with van der Waals surface area (Å²) in [6.07, 6.45) is 0. The van der Waals surface area contributed by atoms with Crippen LogP contribution in [0.2, 0.25) is 0 Å². The number of nitrogens with two attached hydrogens (primary N) is 1. The van der Waals surface area contributed by atoms with Crippen LogP contribution in [0.15, 0.2) is 27.5 Å². The molecule has 0 aliphatic rings. The molecule has 0 unspecified atom stereocenters.